The smallest absolute Gasteiger partial charge is 0.237 e. The minimum Gasteiger partial charge on any atom is -0.354 e. The molecule has 2 N–H and O–H groups in total. The Morgan fingerprint density at radius 1 is 1.68 bits per heavy atom. The number of piperidine rings is 1. The number of amides is 1. The highest BCUT2D eigenvalue weighted by Gasteiger charge is 2.36. The fourth-order valence-corrected chi connectivity index (χ4v) is 3.28. The van der Waals surface area contributed by atoms with Gasteiger partial charge in [0.2, 0.25) is 5.91 Å². The Hall–Kier alpha value is -0.940. The first-order valence-electron chi connectivity index (χ1n) is 6.91. The summed E-state index contributed by atoms with van der Waals surface area (Å²) in [4.78, 5) is 16.6. The molecule has 0 spiro atoms. The quantitative estimate of drug-likeness (QED) is 0.889. The van der Waals surface area contributed by atoms with Crippen LogP contribution in [-0.2, 0) is 4.79 Å². The maximum absolute atomic E-state index is 12.3. The molecule has 1 fully saturated rings. The molecule has 106 valence electrons. The van der Waals surface area contributed by atoms with Crippen LogP contribution in [0.15, 0.2) is 11.6 Å². The molecule has 1 aromatic heterocycles. The van der Waals surface area contributed by atoms with Gasteiger partial charge < -0.3 is 10.6 Å². The average Bonchev–Trinajstić information content (AvgIpc) is 2.89. The number of hydrogen-bond acceptors (Lipinski definition) is 4. The highest BCUT2D eigenvalue weighted by molar-refractivity contribution is 7.09. The summed E-state index contributed by atoms with van der Waals surface area (Å²) in [5.41, 5.74) is 0.0345. The van der Waals surface area contributed by atoms with Crippen LogP contribution in [0.4, 0.5) is 0 Å². The number of nitrogens with one attached hydrogen (secondary N) is 2. The lowest BCUT2D eigenvalue weighted by molar-refractivity contribution is -0.126. The van der Waals surface area contributed by atoms with Gasteiger partial charge in [-0.05, 0) is 24.8 Å². The van der Waals surface area contributed by atoms with Crippen molar-refractivity contribution < 1.29 is 4.79 Å². The van der Waals surface area contributed by atoms with Crippen molar-refractivity contribution in [3.8, 4) is 0 Å². The van der Waals surface area contributed by atoms with Gasteiger partial charge in [-0.2, -0.15) is 0 Å². The molecule has 19 heavy (non-hydrogen) atoms. The molecule has 5 heteroatoms. The molecule has 1 aromatic rings. The van der Waals surface area contributed by atoms with Crippen LogP contribution in [0.5, 0.6) is 0 Å². The molecule has 2 heterocycles. The van der Waals surface area contributed by atoms with Crippen LogP contribution >= 0.6 is 11.3 Å². The van der Waals surface area contributed by atoms with Gasteiger partial charge >= 0.3 is 0 Å². The van der Waals surface area contributed by atoms with Crippen LogP contribution in [0.3, 0.4) is 0 Å². The van der Waals surface area contributed by atoms with Crippen molar-refractivity contribution in [1.29, 1.82) is 0 Å². The summed E-state index contributed by atoms with van der Waals surface area (Å²) in [5, 5.41) is 9.46. The van der Waals surface area contributed by atoms with Crippen molar-refractivity contribution in [3.63, 3.8) is 0 Å². The summed E-state index contributed by atoms with van der Waals surface area (Å²) < 4.78 is 0. The van der Waals surface area contributed by atoms with Crippen LogP contribution in [-0.4, -0.2) is 30.0 Å². The van der Waals surface area contributed by atoms with Crippen molar-refractivity contribution in [2.75, 3.05) is 13.1 Å². The SMILES string of the molecule is CC(CNC(=O)C1NCCCC1(C)C)c1nccs1. The first-order valence-corrected chi connectivity index (χ1v) is 7.79. The van der Waals surface area contributed by atoms with Crippen LogP contribution in [0.2, 0.25) is 0 Å². The predicted octanol–water partition coefficient (Wildman–Crippen LogP) is 2.14. The summed E-state index contributed by atoms with van der Waals surface area (Å²) in [5.74, 6) is 0.392. The van der Waals surface area contributed by atoms with Gasteiger partial charge in [0.1, 0.15) is 0 Å². The number of hydrogen-bond donors (Lipinski definition) is 2. The van der Waals surface area contributed by atoms with Crippen LogP contribution in [0.25, 0.3) is 0 Å². The minimum absolute atomic E-state index is 0.0345. The van der Waals surface area contributed by atoms with Crippen molar-refractivity contribution in [2.24, 2.45) is 5.41 Å². The molecule has 0 aliphatic carbocycles. The van der Waals surface area contributed by atoms with Gasteiger partial charge in [-0.25, -0.2) is 4.98 Å². The fraction of sp³-hybridized carbons (Fsp3) is 0.714. The number of aromatic nitrogens is 1. The maximum atomic E-state index is 12.3. The van der Waals surface area contributed by atoms with Crippen LogP contribution in [0.1, 0.15) is 44.5 Å². The molecule has 1 amide bonds. The van der Waals surface area contributed by atoms with Crippen LogP contribution < -0.4 is 10.6 Å². The summed E-state index contributed by atoms with van der Waals surface area (Å²) in [6.07, 6.45) is 4.05. The average molecular weight is 281 g/mol. The summed E-state index contributed by atoms with van der Waals surface area (Å²) in [7, 11) is 0. The molecular formula is C14H23N3OS. The van der Waals surface area contributed by atoms with E-state index in [1.54, 1.807) is 11.3 Å². The Morgan fingerprint density at radius 2 is 2.47 bits per heavy atom. The van der Waals surface area contributed by atoms with Gasteiger partial charge in [0.15, 0.2) is 0 Å². The molecule has 2 atom stereocenters. The minimum atomic E-state index is -0.0789. The zero-order valence-electron chi connectivity index (χ0n) is 11.9. The Balaban J connectivity index is 1.87. The van der Waals surface area contributed by atoms with E-state index < -0.39 is 0 Å². The molecular weight excluding hydrogens is 258 g/mol. The maximum Gasteiger partial charge on any atom is 0.237 e. The molecule has 0 bridgehead atoms. The van der Waals surface area contributed by atoms with E-state index in [4.69, 9.17) is 0 Å². The van der Waals surface area contributed by atoms with E-state index in [1.165, 1.54) is 0 Å². The second kappa shape index (κ2) is 6.01. The van der Waals surface area contributed by atoms with Gasteiger partial charge in [-0.3, -0.25) is 4.79 Å². The van der Waals surface area contributed by atoms with E-state index >= 15 is 0 Å². The van der Waals surface area contributed by atoms with E-state index in [0.717, 1.165) is 24.4 Å². The van der Waals surface area contributed by atoms with Crippen molar-refractivity contribution in [3.05, 3.63) is 16.6 Å². The molecule has 0 radical (unpaired) electrons. The summed E-state index contributed by atoms with van der Waals surface area (Å²) in [6, 6.07) is -0.0789. The van der Waals surface area contributed by atoms with E-state index in [2.05, 4.69) is 36.4 Å². The summed E-state index contributed by atoms with van der Waals surface area (Å²) >= 11 is 1.64. The van der Waals surface area contributed by atoms with E-state index in [0.29, 0.717) is 6.54 Å². The van der Waals surface area contributed by atoms with Gasteiger partial charge in [-0.1, -0.05) is 20.8 Å². The first kappa shape index (κ1) is 14.5. The fourth-order valence-electron chi connectivity index (χ4n) is 2.58. The Bertz CT molecular complexity index is 416. The monoisotopic (exact) mass is 281 g/mol. The number of carbonyl (C=O) groups is 1. The Morgan fingerprint density at radius 3 is 3.11 bits per heavy atom. The zero-order chi connectivity index (χ0) is 13.9. The lowest BCUT2D eigenvalue weighted by Crippen LogP contribution is -2.55. The van der Waals surface area contributed by atoms with Crippen LogP contribution in [0, 0.1) is 5.41 Å². The van der Waals surface area contributed by atoms with Crippen molar-refractivity contribution >= 4 is 17.2 Å². The second-order valence-corrected chi connectivity index (χ2v) is 6.92. The third-order valence-corrected chi connectivity index (χ3v) is 4.85. The third kappa shape index (κ3) is 3.54. The Labute approximate surface area is 119 Å². The molecule has 1 aliphatic rings. The molecule has 2 rings (SSSR count). The number of rotatable bonds is 4. The van der Waals surface area contributed by atoms with Crippen molar-refractivity contribution in [2.45, 2.75) is 45.6 Å². The van der Waals surface area contributed by atoms with Crippen molar-refractivity contribution in [1.82, 2.24) is 15.6 Å². The lowest BCUT2D eigenvalue weighted by atomic mass is 9.77. The summed E-state index contributed by atoms with van der Waals surface area (Å²) in [6.45, 7) is 8.00. The normalized spacial score (nSPS) is 23.8. The van der Waals surface area contributed by atoms with Gasteiger partial charge in [0.25, 0.3) is 0 Å². The molecule has 4 nitrogen and oxygen atoms in total. The van der Waals surface area contributed by atoms with Gasteiger partial charge in [0, 0.05) is 24.0 Å². The third-order valence-electron chi connectivity index (χ3n) is 3.85. The second-order valence-electron chi connectivity index (χ2n) is 6.00. The molecule has 0 saturated carbocycles. The molecule has 0 aromatic carbocycles. The number of nitrogens with zero attached hydrogens (tertiary/aromatic N) is 1. The zero-order valence-corrected chi connectivity index (χ0v) is 12.7. The Kier molecular flexibility index (Phi) is 4.58. The highest BCUT2D eigenvalue weighted by Crippen LogP contribution is 2.30. The van der Waals surface area contributed by atoms with E-state index in [1.807, 2.05) is 11.6 Å². The predicted molar refractivity (Wildman–Crippen MR) is 78.3 cm³/mol. The molecule has 2 unspecified atom stereocenters. The molecule has 1 saturated heterocycles. The largest absolute Gasteiger partial charge is 0.354 e. The number of thiazole rings is 1. The first-order chi connectivity index (χ1) is 9.00. The topological polar surface area (TPSA) is 54.0 Å². The number of carbonyl (C=O) groups excluding carboxylic acids is 1. The lowest BCUT2D eigenvalue weighted by Gasteiger charge is -2.38. The highest BCUT2D eigenvalue weighted by atomic mass is 32.1. The standard InChI is InChI=1S/C14H23N3OS/c1-10(13-16-7-8-19-13)9-17-12(18)11-14(2,3)5-4-6-15-11/h7-8,10-11,15H,4-6,9H2,1-3H3,(H,17,18). The van der Waals surface area contributed by atoms with Gasteiger partial charge in [0.05, 0.1) is 11.0 Å². The molecule has 1 aliphatic heterocycles. The van der Waals surface area contributed by atoms with Gasteiger partial charge in [-0.15, -0.1) is 11.3 Å². The van der Waals surface area contributed by atoms with E-state index in [9.17, 15) is 4.79 Å². The van der Waals surface area contributed by atoms with E-state index in [-0.39, 0.29) is 23.3 Å².